The van der Waals surface area contributed by atoms with E-state index in [0.29, 0.717) is 17.0 Å². The predicted molar refractivity (Wildman–Crippen MR) is 88.6 cm³/mol. The Morgan fingerprint density at radius 1 is 1.43 bits per heavy atom. The van der Waals surface area contributed by atoms with Crippen LogP contribution in [0.5, 0.6) is 5.75 Å². The van der Waals surface area contributed by atoms with E-state index in [4.69, 9.17) is 4.74 Å². The number of benzene rings is 1. The van der Waals surface area contributed by atoms with Crippen molar-refractivity contribution in [2.24, 2.45) is 7.05 Å². The Bertz CT molecular complexity index is 704. The fraction of sp³-hybridized carbons (Fsp3) is 0.412. The van der Waals surface area contributed by atoms with Gasteiger partial charge in [-0.3, -0.25) is 9.48 Å². The first kappa shape index (κ1) is 15.6. The number of methoxy groups -OCH3 is 1. The third-order valence-corrected chi connectivity index (χ3v) is 4.32. The summed E-state index contributed by atoms with van der Waals surface area (Å²) < 4.78 is 7.10. The average Bonchev–Trinajstić information content (AvgIpc) is 3.23. The summed E-state index contributed by atoms with van der Waals surface area (Å²) in [5.74, 6) is 0.707. The summed E-state index contributed by atoms with van der Waals surface area (Å²) in [5, 5.41) is 7.79. The number of likely N-dealkylation sites (N-methyl/N-ethyl adjacent to an activating group) is 1. The number of nitrogens with zero attached hydrogens (tertiary/aromatic N) is 3. The lowest BCUT2D eigenvalue weighted by Gasteiger charge is -2.23. The number of carbonyl (C=O) groups is 1. The minimum atomic E-state index is -0.00675. The topological polar surface area (TPSA) is 59.4 Å². The minimum Gasteiger partial charge on any atom is -0.496 e. The molecule has 1 amide bonds. The van der Waals surface area contributed by atoms with Crippen LogP contribution in [-0.4, -0.2) is 53.9 Å². The van der Waals surface area contributed by atoms with Crippen LogP contribution in [0.25, 0.3) is 11.3 Å². The van der Waals surface area contributed by atoms with Gasteiger partial charge in [0.1, 0.15) is 11.4 Å². The molecule has 0 saturated carbocycles. The molecule has 2 aromatic rings. The first-order chi connectivity index (χ1) is 11.1. The molecule has 1 unspecified atom stereocenters. The smallest absolute Gasteiger partial charge is 0.257 e. The van der Waals surface area contributed by atoms with Crippen LogP contribution in [0, 0.1) is 0 Å². The van der Waals surface area contributed by atoms with Gasteiger partial charge in [0.2, 0.25) is 0 Å². The molecule has 6 nitrogen and oxygen atoms in total. The number of aryl methyl sites for hydroxylation is 1. The van der Waals surface area contributed by atoms with E-state index < -0.39 is 0 Å². The molecule has 1 aromatic heterocycles. The number of nitrogens with one attached hydrogen (secondary N) is 1. The summed E-state index contributed by atoms with van der Waals surface area (Å²) in [4.78, 5) is 14.8. The number of ether oxygens (including phenoxy) is 1. The Labute approximate surface area is 136 Å². The molecule has 0 radical (unpaired) electrons. The Morgan fingerprint density at radius 3 is 2.91 bits per heavy atom. The first-order valence-corrected chi connectivity index (χ1v) is 7.76. The van der Waals surface area contributed by atoms with Crippen LogP contribution < -0.4 is 10.1 Å². The molecule has 2 heterocycles. The number of aromatic nitrogens is 2. The molecule has 1 aromatic carbocycles. The molecule has 0 bridgehead atoms. The van der Waals surface area contributed by atoms with Gasteiger partial charge in [0.15, 0.2) is 0 Å². The largest absolute Gasteiger partial charge is 0.496 e. The van der Waals surface area contributed by atoms with Crippen molar-refractivity contribution >= 4 is 5.91 Å². The van der Waals surface area contributed by atoms with Gasteiger partial charge in [-0.1, -0.05) is 12.1 Å². The van der Waals surface area contributed by atoms with E-state index in [1.54, 1.807) is 18.0 Å². The monoisotopic (exact) mass is 314 g/mol. The number of carbonyl (C=O) groups excluding carboxylic acids is 1. The molecule has 1 N–H and O–H groups in total. The third-order valence-electron chi connectivity index (χ3n) is 4.32. The van der Waals surface area contributed by atoms with Gasteiger partial charge in [-0.15, -0.1) is 0 Å². The fourth-order valence-electron chi connectivity index (χ4n) is 3.01. The zero-order chi connectivity index (χ0) is 16.4. The van der Waals surface area contributed by atoms with Crippen LogP contribution in [0.1, 0.15) is 16.8 Å². The van der Waals surface area contributed by atoms with Gasteiger partial charge in [0.05, 0.1) is 12.7 Å². The fourth-order valence-corrected chi connectivity index (χ4v) is 3.01. The van der Waals surface area contributed by atoms with Crippen LogP contribution in [-0.2, 0) is 7.05 Å². The number of amides is 1. The predicted octanol–water partition coefficient (Wildman–Crippen LogP) is 1.53. The highest BCUT2D eigenvalue weighted by molar-refractivity contribution is 6.00. The van der Waals surface area contributed by atoms with E-state index in [1.807, 2.05) is 43.3 Å². The summed E-state index contributed by atoms with van der Waals surface area (Å²) >= 11 is 0. The van der Waals surface area contributed by atoms with E-state index in [1.165, 1.54) is 0 Å². The quantitative estimate of drug-likeness (QED) is 0.930. The summed E-state index contributed by atoms with van der Waals surface area (Å²) in [6.07, 6.45) is 2.76. The zero-order valence-electron chi connectivity index (χ0n) is 13.7. The van der Waals surface area contributed by atoms with Gasteiger partial charge in [0, 0.05) is 38.4 Å². The molecule has 3 rings (SSSR count). The standard InChI is InChI=1S/C17H22N4O2/c1-20-11-14(17(22)21(2)12-8-9-18-10-12)16(19-20)13-6-4-5-7-15(13)23-3/h4-7,11-12,18H,8-10H2,1-3H3. The van der Waals surface area contributed by atoms with Gasteiger partial charge in [-0.2, -0.15) is 5.10 Å². The first-order valence-electron chi connectivity index (χ1n) is 7.76. The molecule has 1 atom stereocenters. The Kier molecular flexibility index (Phi) is 4.34. The number of para-hydroxylation sites is 1. The van der Waals surface area contributed by atoms with Crippen molar-refractivity contribution in [2.45, 2.75) is 12.5 Å². The van der Waals surface area contributed by atoms with Crippen molar-refractivity contribution in [2.75, 3.05) is 27.2 Å². The molecule has 23 heavy (non-hydrogen) atoms. The Balaban J connectivity index is 1.99. The number of rotatable bonds is 4. The van der Waals surface area contributed by atoms with Gasteiger partial charge in [-0.05, 0) is 25.1 Å². The van der Waals surface area contributed by atoms with E-state index in [0.717, 1.165) is 25.1 Å². The third kappa shape index (κ3) is 2.94. The van der Waals surface area contributed by atoms with Crippen LogP contribution in [0.15, 0.2) is 30.5 Å². The summed E-state index contributed by atoms with van der Waals surface area (Å²) in [7, 11) is 5.31. The number of hydrogen-bond donors (Lipinski definition) is 1. The minimum absolute atomic E-state index is 0.00675. The highest BCUT2D eigenvalue weighted by Crippen LogP contribution is 2.31. The highest BCUT2D eigenvalue weighted by Gasteiger charge is 2.28. The second-order valence-electron chi connectivity index (χ2n) is 5.83. The summed E-state index contributed by atoms with van der Waals surface area (Å²) in [5.41, 5.74) is 2.09. The molecule has 1 aliphatic heterocycles. The van der Waals surface area contributed by atoms with E-state index >= 15 is 0 Å². The maximum atomic E-state index is 12.9. The summed E-state index contributed by atoms with van der Waals surface area (Å²) in [6.45, 7) is 1.79. The molecule has 1 aliphatic rings. The maximum Gasteiger partial charge on any atom is 0.257 e. The molecule has 1 saturated heterocycles. The van der Waals surface area contributed by atoms with Gasteiger partial charge in [-0.25, -0.2) is 0 Å². The van der Waals surface area contributed by atoms with Crippen molar-refractivity contribution in [1.29, 1.82) is 0 Å². The Hall–Kier alpha value is -2.34. The zero-order valence-corrected chi connectivity index (χ0v) is 13.7. The van der Waals surface area contributed by atoms with Crippen LogP contribution in [0.2, 0.25) is 0 Å². The van der Waals surface area contributed by atoms with E-state index in [-0.39, 0.29) is 11.9 Å². The lowest BCUT2D eigenvalue weighted by atomic mass is 10.1. The second-order valence-corrected chi connectivity index (χ2v) is 5.83. The molecule has 0 spiro atoms. The second kappa shape index (κ2) is 6.42. The van der Waals surface area contributed by atoms with Gasteiger partial charge < -0.3 is 15.0 Å². The van der Waals surface area contributed by atoms with Gasteiger partial charge >= 0.3 is 0 Å². The van der Waals surface area contributed by atoms with E-state index in [9.17, 15) is 4.79 Å². The lowest BCUT2D eigenvalue weighted by molar-refractivity contribution is 0.0744. The van der Waals surface area contributed by atoms with Crippen LogP contribution in [0.4, 0.5) is 0 Å². The van der Waals surface area contributed by atoms with Gasteiger partial charge in [0.25, 0.3) is 5.91 Å². The SMILES string of the molecule is COc1ccccc1-c1nn(C)cc1C(=O)N(C)C1CCNC1. The van der Waals surface area contributed by atoms with E-state index in [2.05, 4.69) is 10.4 Å². The molecule has 6 heteroatoms. The molecule has 1 fully saturated rings. The number of hydrogen-bond acceptors (Lipinski definition) is 4. The summed E-state index contributed by atoms with van der Waals surface area (Å²) in [6, 6.07) is 7.86. The van der Waals surface area contributed by atoms with Crippen molar-refractivity contribution in [3.05, 3.63) is 36.0 Å². The normalized spacial score (nSPS) is 17.3. The van der Waals surface area contributed by atoms with Crippen molar-refractivity contribution < 1.29 is 9.53 Å². The molecule has 122 valence electrons. The average molecular weight is 314 g/mol. The van der Waals surface area contributed by atoms with Crippen LogP contribution in [0.3, 0.4) is 0 Å². The van der Waals surface area contributed by atoms with Crippen molar-refractivity contribution in [3.63, 3.8) is 0 Å². The van der Waals surface area contributed by atoms with Crippen molar-refractivity contribution in [3.8, 4) is 17.0 Å². The molecule has 0 aliphatic carbocycles. The Morgan fingerprint density at radius 2 is 2.22 bits per heavy atom. The maximum absolute atomic E-state index is 12.9. The molecular weight excluding hydrogens is 292 g/mol. The van der Waals surface area contributed by atoms with Crippen molar-refractivity contribution in [1.82, 2.24) is 20.0 Å². The lowest BCUT2D eigenvalue weighted by Crippen LogP contribution is -2.38. The van der Waals surface area contributed by atoms with Crippen LogP contribution >= 0.6 is 0 Å². The highest BCUT2D eigenvalue weighted by atomic mass is 16.5. The molecular formula is C17H22N4O2.